The van der Waals surface area contributed by atoms with Crippen molar-refractivity contribution in [2.45, 2.75) is 57.0 Å². The van der Waals surface area contributed by atoms with Gasteiger partial charge in [0.05, 0.1) is 16.8 Å². The maximum absolute atomic E-state index is 13.8. The summed E-state index contributed by atoms with van der Waals surface area (Å²) in [6.45, 7) is 4.16. The van der Waals surface area contributed by atoms with Gasteiger partial charge >= 0.3 is 6.18 Å². The van der Waals surface area contributed by atoms with Gasteiger partial charge in [0.15, 0.2) is 0 Å². The Bertz CT molecular complexity index is 1030. The second-order valence-electron chi connectivity index (χ2n) is 8.92. The molecule has 1 amide bonds. The Morgan fingerprint density at radius 2 is 1.91 bits per heavy atom. The van der Waals surface area contributed by atoms with Crippen LogP contribution in [0.4, 0.5) is 24.7 Å². The van der Waals surface area contributed by atoms with E-state index in [-0.39, 0.29) is 16.8 Å². The van der Waals surface area contributed by atoms with Gasteiger partial charge in [0.25, 0.3) is 5.91 Å². The first-order valence-corrected chi connectivity index (χ1v) is 12.1. The Kier molecular flexibility index (Phi) is 6.18. The Morgan fingerprint density at radius 3 is 2.56 bits per heavy atom. The Balaban J connectivity index is 1.75. The number of nitrogens with zero attached hydrogens (tertiary/aromatic N) is 2. The number of carbonyl (C=O) groups excluding carboxylic acids is 1. The fourth-order valence-electron chi connectivity index (χ4n) is 4.79. The number of amides is 1. The predicted molar refractivity (Wildman–Crippen MR) is 123 cm³/mol. The topological polar surface area (TPSA) is 45.2 Å². The molecule has 1 aliphatic carbocycles. The summed E-state index contributed by atoms with van der Waals surface area (Å²) >= 11 is 1.53. The van der Waals surface area contributed by atoms with E-state index in [2.05, 4.69) is 10.3 Å². The van der Waals surface area contributed by atoms with Crippen LogP contribution in [-0.2, 0) is 6.18 Å². The minimum Gasteiger partial charge on any atom is -0.356 e. The summed E-state index contributed by atoms with van der Waals surface area (Å²) in [5.41, 5.74) is -0.0119. The smallest absolute Gasteiger partial charge is 0.356 e. The number of anilines is 2. The number of nitrogens with one attached hydrogen (secondary N) is 1. The minimum atomic E-state index is -4.58. The number of benzene rings is 1. The lowest BCUT2D eigenvalue weighted by atomic mass is 9.98. The zero-order valence-corrected chi connectivity index (χ0v) is 19.4. The van der Waals surface area contributed by atoms with Crippen molar-refractivity contribution in [3.63, 3.8) is 0 Å². The molecule has 2 aromatic rings. The molecule has 2 fully saturated rings. The van der Waals surface area contributed by atoms with Crippen molar-refractivity contribution in [1.29, 1.82) is 0 Å². The Hall–Kier alpha value is -2.22. The van der Waals surface area contributed by atoms with Crippen LogP contribution in [0, 0.1) is 19.3 Å². The van der Waals surface area contributed by atoms with Crippen LogP contribution in [0.3, 0.4) is 0 Å². The van der Waals surface area contributed by atoms with Crippen LogP contribution >= 0.6 is 11.8 Å². The normalized spacial score (nSPS) is 17.9. The molecule has 32 heavy (non-hydrogen) atoms. The van der Waals surface area contributed by atoms with E-state index in [9.17, 15) is 18.0 Å². The van der Waals surface area contributed by atoms with Crippen molar-refractivity contribution >= 4 is 29.2 Å². The van der Waals surface area contributed by atoms with E-state index in [0.717, 1.165) is 24.2 Å². The molecule has 8 heteroatoms. The molecule has 1 aromatic heterocycles. The lowest BCUT2D eigenvalue weighted by molar-refractivity contribution is -0.138. The van der Waals surface area contributed by atoms with Crippen LogP contribution in [0.25, 0.3) is 0 Å². The summed E-state index contributed by atoms with van der Waals surface area (Å²) in [5, 5.41) is 2.81. The van der Waals surface area contributed by atoms with Crippen molar-refractivity contribution in [2.75, 3.05) is 29.6 Å². The molecule has 0 atom stereocenters. The number of aromatic nitrogens is 1. The van der Waals surface area contributed by atoms with Gasteiger partial charge in [-0.3, -0.25) is 4.79 Å². The molecular formula is C24H28F3N3OS. The highest BCUT2D eigenvalue weighted by atomic mass is 32.2. The average Bonchev–Trinajstić information content (AvgIpc) is 3.52. The lowest BCUT2D eigenvalue weighted by Crippen LogP contribution is -2.31. The zero-order valence-electron chi connectivity index (χ0n) is 18.6. The van der Waals surface area contributed by atoms with Crippen LogP contribution in [0.1, 0.15) is 59.3 Å². The number of pyridine rings is 1. The summed E-state index contributed by atoms with van der Waals surface area (Å²) in [6, 6.07) is 7.28. The van der Waals surface area contributed by atoms with E-state index in [1.54, 1.807) is 6.07 Å². The first-order chi connectivity index (χ1) is 15.1. The van der Waals surface area contributed by atoms with Crippen molar-refractivity contribution in [1.82, 2.24) is 4.98 Å². The first-order valence-electron chi connectivity index (χ1n) is 10.9. The van der Waals surface area contributed by atoms with Crippen LogP contribution in [-0.4, -0.2) is 30.2 Å². The molecule has 0 radical (unpaired) electrons. The average molecular weight is 464 g/mol. The lowest BCUT2D eigenvalue weighted by Gasteiger charge is -2.27. The molecule has 0 unspecified atom stereocenters. The summed E-state index contributed by atoms with van der Waals surface area (Å²) in [7, 11) is 0. The highest BCUT2D eigenvalue weighted by Gasteiger charge is 2.44. The summed E-state index contributed by atoms with van der Waals surface area (Å²) in [6.07, 6.45) is 2.86. The molecule has 2 heterocycles. The van der Waals surface area contributed by atoms with Crippen molar-refractivity contribution in [2.24, 2.45) is 5.41 Å². The van der Waals surface area contributed by atoms with Gasteiger partial charge in [-0.05, 0) is 81.4 Å². The zero-order chi connectivity index (χ0) is 23.1. The molecule has 2 aliphatic rings. The molecule has 1 aromatic carbocycles. The van der Waals surface area contributed by atoms with Gasteiger partial charge in [0.2, 0.25) is 0 Å². The maximum atomic E-state index is 13.8. The second kappa shape index (κ2) is 8.61. The fraction of sp³-hybridized carbons (Fsp3) is 0.500. The highest BCUT2D eigenvalue weighted by Crippen LogP contribution is 2.54. The molecule has 1 saturated heterocycles. The number of hydrogen-bond donors (Lipinski definition) is 1. The largest absolute Gasteiger partial charge is 0.418 e. The Labute approximate surface area is 191 Å². The van der Waals surface area contributed by atoms with Crippen LogP contribution < -0.4 is 10.2 Å². The summed E-state index contributed by atoms with van der Waals surface area (Å²) < 4.78 is 41.5. The van der Waals surface area contributed by atoms with Crippen LogP contribution in [0.15, 0.2) is 29.2 Å². The third-order valence-electron chi connectivity index (χ3n) is 6.75. The summed E-state index contributed by atoms with van der Waals surface area (Å²) in [5.74, 6) is -0.191. The molecule has 172 valence electrons. The number of hydrogen-bond acceptors (Lipinski definition) is 4. The van der Waals surface area contributed by atoms with Gasteiger partial charge in [-0.1, -0.05) is 6.07 Å². The van der Waals surface area contributed by atoms with Crippen molar-refractivity contribution < 1.29 is 18.0 Å². The number of aryl methyl sites for hydroxylation is 1. The third-order valence-corrected chi connectivity index (χ3v) is 7.48. The summed E-state index contributed by atoms with van der Waals surface area (Å²) in [4.78, 5) is 20.7. The molecule has 1 spiro atoms. The quantitative estimate of drug-likeness (QED) is 0.529. The van der Waals surface area contributed by atoms with Gasteiger partial charge in [-0.15, -0.1) is 11.8 Å². The van der Waals surface area contributed by atoms with Crippen molar-refractivity contribution in [3.05, 3.63) is 46.6 Å². The maximum Gasteiger partial charge on any atom is 0.418 e. The van der Waals surface area contributed by atoms with E-state index in [0.29, 0.717) is 30.0 Å². The predicted octanol–water partition coefficient (Wildman–Crippen LogP) is 6.46. The van der Waals surface area contributed by atoms with Crippen LogP contribution in [0.5, 0.6) is 0 Å². The van der Waals surface area contributed by atoms with Gasteiger partial charge in [-0.2, -0.15) is 13.2 Å². The molecule has 4 nitrogen and oxygen atoms in total. The van der Waals surface area contributed by atoms with Crippen LogP contribution in [0.2, 0.25) is 0 Å². The first kappa shape index (κ1) is 23.0. The fourth-order valence-corrected chi connectivity index (χ4v) is 5.25. The van der Waals surface area contributed by atoms with E-state index in [1.807, 2.05) is 29.4 Å². The van der Waals surface area contributed by atoms with Gasteiger partial charge < -0.3 is 10.2 Å². The van der Waals surface area contributed by atoms with Gasteiger partial charge in [0.1, 0.15) is 5.82 Å². The monoisotopic (exact) mass is 463 g/mol. The second-order valence-corrected chi connectivity index (χ2v) is 9.80. The molecule has 1 aliphatic heterocycles. The molecule has 0 bridgehead atoms. The number of carbonyl (C=O) groups is 1. The van der Waals surface area contributed by atoms with E-state index < -0.39 is 17.6 Å². The minimum absolute atomic E-state index is 0.0178. The molecule has 1 saturated carbocycles. The van der Waals surface area contributed by atoms with E-state index >= 15 is 0 Å². The number of thioether (sulfide) groups is 1. The van der Waals surface area contributed by atoms with Gasteiger partial charge in [0, 0.05) is 23.7 Å². The highest BCUT2D eigenvalue weighted by molar-refractivity contribution is 7.98. The molecule has 1 N–H and O–H groups in total. The molecule has 4 rings (SSSR count). The number of halogens is 3. The van der Waals surface area contributed by atoms with E-state index in [1.165, 1.54) is 38.5 Å². The van der Waals surface area contributed by atoms with E-state index in [4.69, 9.17) is 0 Å². The third kappa shape index (κ3) is 4.60. The Morgan fingerprint density at radius 1 is 1.16 bits per heavy atom. The number of alkyl halides is 3. The van der Waals surface area contributed by atoms with Crippen molar-refractivity contribution in [3.8, 4) is 0 Å². The number of rotatable bonds is 4. The SMILES string of the molecule is CSc1cccc(NC(=O)c2c(N3CCCC4(CC3)CC4)nc(C)c(C(F)(F)F)c2C)c1. The molecular weight excluding hydrogens is 435 g/mol. The van der Waals surface area contributed by atoms with Gasteiger partial charge in [-0.25, -0.2) is 4.98 Å². The standard InChI is InChI=1S/C24H28F3N3OS/c1-15-19(22(31)29-17-6-4-7-18(14-17)32-3)21(28-16(2)20(15)24(25,26)27)30-12-5-8-23(9-10-23)11-13-30/h4,6-7,14H,5,8-13H2,1-3H3,(H,29,31).